The third-order valence-electron chi connectivity index (χ3n) is 3.41. The van der Waals surface area contributed by atoms with Crippen LogP contribution in [0.5, 0.6) is 0 Å². The second-order valence-corrected chi connectivity index (χ2v) is 5.39. The Labute approximate surface area is 109 Å². The summed E-state index contributed by atoms with van der Waals surface area (Å²) in [5.74, 6) is 0.0528. The molecule has 0 saturated carbocycles. The van der Waals surface area contributed by atoms with Gasteiger partial charge in [-0.2, -0.15) is 0 Å². The van der Waals surface area contributed by atoms with Crippen molar-refractivity contribution in [3.8, 4) is 0 Å². The van der Waals surface area contributed by atoms with Gasteiger partial charge in [-0.15, -0.1) is 0 Å². The zero-order chi connectivity index (χ0) is 13.9. The van der Waals surface area contributed by atoms with Gasteiger partial charge in [0, 0.05) is 32.1 Å². The molecule has 1 saturated heterocycles. The van der Waals surface area contributed by atoms with Crippen LogP contribution in [0, 0.1) is 0 Å². The van der Waals surface area contributed by atoms with Gasteiger partial charge in [0.1, 0.15) is 0 Å². The largest absolute Gasteiger partial charge is 0.339 e. The molecule has 1 rings (SSSR count). The van der Waals surface area contributed by atoms with Crippen molar-refractivity contribution in [2.24, 2.45) is 5.73 Å². The SMILES string of the molecule is CC(=O)N(C(C)C)C1CCCN(C(=O)C(C)N)C1. The molecule has 1 aliphatic rings. The minimum Gasteiger partial charge on any atom is -0.339 e. The van der Waals surface area contributed by atoms with Crippen LogP contribution in [0.3, 0.4) is 0 Å². The number of amides is 2. The second-order valence-electron chi connectivity index (χ2n) is 5.39. The molecular formula is C13H25N3O2. The summed E-state index contributed by atoms with van der Waals surface area (Å²) < 4.78 is 0. The summed E-state index contributed by atoms with van der Waals surface area (Å²) in [6.07, 6.45) is 1.89. The first-order valence-corrected chi connectivity index (χ1v) is 6.67. The summed E-state index contributed by atoms with van der Waals surface area (Å²) >= 11 is 0. The van der Waals surface area contributed by atoms with Gasteiger partial charge in [0.2, 0.25) is 11.8 Å². The maximum atomic E-state index is 11.9. The molecule has 0 aliphatic carbocycles. The zero-order valence-corrected chi connectivity index (χ0v) is 11.8. The Balaban J connectivity index is 2.73. The molecule has 18 heavy (non-hydrogen) atoms. The van der Waals surface area contributed by atoms with Gasteiger partial charge < -0.3 is 15.5 Å². The van der Waals surface area contributed by atoms with Crippen LogP contribution in [0.4, 0.5) is 0 Å². The molecule has 0 aromatic rings. The number of piperidine rings is 1. The summed E-state index contributed by atoms with van der Waals surface area (Å²) in [6.45, 7) is 8.67. The predicted octanol–water partition coefficient (Wildman–Crippen LogP) is 0.582. The highest BCUT2D eigenvalue weighted by Gasteiger charge is 2.31. The average molecular weight is 255 g/mol. The standard InChI is InChI=1S/C13H25N3O2/c1-9(2)16(11(4)17)12-6-5-7-15(8-12)13(18)10(3)14/h9-10,12H,5-8,14H2,1-4H3. The van der Waals surface area contributed by atoms with E-state index >= 15 is 0 Å². The maximum absolute atomic E-state index is 11.9. The van der Waals surface area contributed by atoms with Gasteiger partial charge in [0.25, 0.3) is 0 Å². The molecule has 0 spiro atoms. The van der Waals surface area contributed by atoms with E-state index in [0.717, 1.165) is 19.4 Å². The Morgan fingerprint density at radius 2 is 1.94 bits per heavy atom. The van der Waals surface area contributed by atoms with Gasteiger partial charge in [-0.1, -0.05) is 0 Å². The van der Waals surface area contributed by atoms with E-state index in [0.29, 0.717) is 6.54 Å². The first-order valence-electron chi connectivity index (χ1n) is 6.67. The quantitative estimate of drug-likeness (QED) is 0.802. The van der Waals surface area contributed by atoms with Crippen molar-refractivity contribution in [3.05, 3.63) is 0 Å². The molecule has 1 heterocycles. The molecule has 2 amide bonds. The van der Waals surface area contributed by atoms with Crippen molar-refractivity contribution in [1.82, 2.24) is 9.80 Å². The Morgan fingerprint density at radius 3 is 2.39 bits per heavy atom. The lowest BCUT2D eigenvalue weighted by Gasteiger charge is -2.41. The molecule has 0 radical (unpaired) electrons. The smallest absolute Gasteiger partial charge is 0.239 e. The molecule has 5 nitrogen and oxygen atoms in total. The molecule has 1 fully saturated rings. The fraction of sp³-hybridized carbons (Fsp3) is 0.846. The number of carbonyl (C=O) groups excluding carboxylic acids is 2. The first kappa shape index (κ1) is 15.0. The Bertz CT molecular complexity index is 315. The van der Waals surface area contributed by atoms with Crippen LogP contribution in [-0.2, 0) is 9.59 Å². The molecule has 0 aromatic carbocycles. The normalized spacial score (nSPS) is 21.9. The molecule has 0 bridgehead atoms. The van der Waals surface area contributed by atoms with Gasteiger partial charge in [-0.25, -0.2) is 0 Å². The van der Waals surface area contributed by atoms with Gasteiger partial charge >= 0.3 is 0 Å². The summed E-state index contributed by atoms with van der Waals surface area (Å²) in [7, 11) is 0. The molecule has 104 valence electrons. The van der Waals surface area contributed by atoms with E-state index in [1.807, 2.05) is 18.7 Å². The van der Waals surface area contributed by atoms with Gasteiger partial charge in [-0.05, 0) is 33.6 Å². The van der Waals surface area contributed by atoms with E-state index in [-0.39, 0.29) is 23.9 Å². The van der Waals surface area contributed by atoms with Gasteiger partial charge in [-0.3, -0.25) is 9.59 Å². The molecule has 5 heteroatoms. The van der Waals surface area contributed by atoms with Crippen LogP contribution in [-0.4, -0.2) is 52.8 Å². The molecule has 2 atom stereocenters. The van der Waals surface area contributed by atoms with Crippen LogP contribution in [0.2, 0.25) is 0 Å². The Morgan fingerprint density at radius 1 is 1.33 bits per heavy atom. The topological polar surface area (TPSA) is 66.6 Å². The van der Waals surface area contributed by atoms with Gasteiger partial charge in [0.15, 0.2) is 0 Å². The van der Waals surface area contributed by atoms with E-state index in [1.165, 1.54) is 0 Å². The van der Waals surface area contributed by atoms with Gasteiger partial charge in [0.05, 0.1) is 6.04 Å². The summed E-state index contributed by atoms with van der Waals surface area (Å²) in [4.78, 5) is 27.3. The lowest BCUT2D eigenvalue weighted by molar-refractivity contribution is -0.140. The number of carbonyl (C=O) groups is 2. The number of likely N-dealkylation sites (tertiary alicyclic amines) is 1. The monoisotopic (exact) mass is 255 g/mol. The zero-order valence-electron chi connectivity index (χ0n) is 11.8. The fourth-order valence-corrected chi connectivity index (χ4v) is 2.71. The minimum absolute atomic E-state index is 0.0213. The molecular weight excluding hydrogens is 230 g/mol. The van der Waals surface area contributed by atoms with Crippen LogP contribution < -0.4 is 5.73 Å². The third kappa shape index (κ3) is 3.45. The van der Waals surface area contributed by atoms with Crippen LogP contribution >= 0.6 is 0 Å². The highest BCUT2D eigenvalue weighted by molar-refractivity contribution is 5.81. The number of rotatable bonds is 3. The van der Waals surface area contributed by atoms with E-state index in [9.17, 15) is 9.59 Å². The summed E-state index contributed by atoms with van der Waals surface area (Å²) in [5.41, 5.74) is 5.64. The van der Waals surface area contributed by atoms with Crippen LogP contribution in [0.15, 0.2) is 0 Å². The van der Waals surface area contributed by atoms with Crippen molar-refractivity contribution in [2.45, 2.75) is 58.7 Å². The lowest BCUT2D eigenvalue weighted by atomic mass is 10.0. The predicted molar refractivity (Wildman–Crippen MR) is 70.9 cm³/mol. The maximum Gasteiger partial charge on any atom is 0.239 e. The first-order chi connectivity index (χ1) is 8.34. The molecule has 2 N–H and O–H groups in total. The highest BCUT2D eigenvalue weighted by Crippen LogP contribution is 2.19. The number of nitrogens with zero attached hydrogens (tertiary/aromatic N) is 2. The second kappa shape index (κ2) is 6.18. The summed E-state index contributed by atoms with van der Waals surface area (Å²) in [5, 5.41) is 0. The number of nitrogens with two attached hydrogens (primary N) is 1. The third-order valence-corrected chi connectivity index (χ3v) is 3.41. The van der Waals surface area contributed by atoms with E-state index in [4.69, 9.17) is 5.73 Å². The number of hydrogen-bond acceptors (Lipinski definition) is 3. The Kier molecular flexibility index (Phi) is 5.14. The van der Waals surface area contributed by atoms with Crippen LogP contribution in [0.1, 0.15) is 40.5 Å². The van der Waals surface area contributed by atoms with Crippen LogP contribution in [0.25, 0.3) is 0 Å². The van der Waals surface area contributed by atoms with E-state index in [1.54, 1.807) is 18.7 Å². The average Bonchev–Trinajstić information content (AvgIpc) is 2.27. The highest BCUT2D eigenvalue weighted by atomic mass is 16.2. The number of hydrogen-bond donors (Lipinski definition) is 1. The minimum atomic E-state index is -0.464. The van der Waals surface area contributed by atoms with Crippen molar-refractivity contribution in [2.75, 3.05) is 13.1 Å². The van der Waals surface area contributed by atoms with Crippen molar-refractivity contribution in [3.63, 3.8) is 0 Å². The van der Waals surface area contributed by atoms with E-state index < -0.39 is 6.04 Å². The van der Waals surface area contributed by atoms with E-state index in [2.05, 4.69) is 0 Å². The Hall–Kier alpha value is -1.10. The molecule has 0 aromatic heterocycles. The lowest BCUT2D eigenvalue weighted by Crippen LogP contribution is -2.55. The molecule has 1 aliphatic heterocycles. The van der Waals surface area contributed by atoms with Crippen molar-refractivity contribution in [1.29, 1.82) is 0 Å². The molecule has 2 unspecified atom stereocenters. The fourth-order valence-electron chi connectivity index (χ4n) is 2.71. The van der Waals surface area contributed by atoms with Crippen molar-refractivity contribution >= 4 is 11.8 Å². The van der Waals surface area contributed by atoms with Crippen molar-refractivity contribution < 1.29 is 9.59 Å². The summed E-state index contributed by atoms with van der Waals surface area (Å²) in [6, 6.07) is -0.176.